The molecule has 0 aliphatic heterocycles. The molecule has 3 rings (SSSR count). The first-order valence-corrected chi connectivity index (χ1v) is 7.42. The van der Waals surface area contributed by atoms with Crippen LogP contribution in [0.25, 0.3) is 11.2 Å². The Hall–Kier alpha value is -1.85. The van der Waals surface area contributed by atoms with E-state index >= 15 is 0 Å². The van der Waals surface area contributed by atoms with Crippen LogP contribution >= 0.6 is 0 Å². The lowest BCUT2D eigenvalue weighted by atomic mass is 9.95. The Bertz CT molecular complexity index is 589. The van der Waals surface area contributed by atoms with Crippen molar-refractivity contribution >= 4 is 17.0 Å². The second-order valence-corrected chi connectivity index (χ2v) is 5.36. The Balaban J connectivity index is 1.98. The van der Waals surface area contributed by atoms with Gasteiger partial charge in [-0.2, -0.15) is 9.97 Å². The topological polar surface area (TPSA) is 78.9 Å². The summed E-state index contributed by atoms with van der Waals surface area (Å²) in [4.78, 5) is 13.0. The zero-order valence-corrected chi connectivity index (χ0v) is 11.9. The second-order valence-electron chi connectivity index (χ2n) is 5.36. The molecule has 6 nitrogen and oxygen atoms in total. The number of fused-ring (bicyclic) bond motifs is 1. The van der Waals surface area contributed by atoms with Gasteiger partial charge >= 0.3 is 6.01 Å². The number of nitrogens with two attached hydrogens (primary N) is 1. The van der Waals surface area contributed by atoms with Crippen LogP contribution in [0.5, 0.6) is 6.01 Å². The molecule has 0 aromatic carbocycles. The standard InChI is InChI=1S/C14H21N5O/c1-2-8-20-14-17-12(15)11-13(18-14)19(9-16-11)10-6-4-3-5-7-10/h9-10H,2-8H2,1H3,(H2,15,17,18). The van der Waals surface area contributed by atoms with E-state index in [4.69, 9.17) is 10.5 Å². The van der Waals surface area contributed by atoms with Crippen molar-refractivity contribution in [2.24, 2.45) is 0 Å². The Kier molecular flexibility index (Phi) is 3.71. The molecule has 6 heteroatoms. The molecule has 0 radical (unpaired) electrons. The van der Waals surface area contributed by atoms with E-state index in [1.165, 1.54) is 32.1 Å². The van der Waals surface area contributed by atoms with Gasteiger partial charge in [0, 0.05) is 6.04 Å². The van der Waals surface area contributed by atoms with Gasteiger partial charge in [-0.1, -0.05) is 26.2 Å². The molecule has 108 valence electrons. The van der Waals surface area contributed by atoms with Crippen molar-refractivity contribution in [3.8, 4) is 6.01 Å². The third kappa shape index (κ3) is 2.42. The van der Waals surface area contributed by atoms with Gasteiger partial charge in [-0.3, -0.25) is 0 Å². The largest absolute Gasteiger partial charge is 0.463 e. The average molecular weight is 275 g/mol. The van der Waals surface area contributed by atoms with Crippen molar-refractivity contribution in [1.82, 2.24) is 19.5 Å². The molecule has 2 heterocycles. The molecule has 1 aliphatic rings. The highest BCUT2D eigenvalue weighted by Crippen LogP contribution is 2.31. The average Bonchev–Trinajstić information content (AvgIpc) is 2.90. The summed E-state index contributed by atoms with van der Waals surface area (Å²) in [6.07, 6.45) is 8.98. The summed E-state index contributed by atoms with van der Waals surface area (Å²) in [5.41, 5.74) is 7.45. The summed E-state index contributed by atoms with van der Waals surface area (Å²) in [5, 5.41) is 0. The van der Waals surface area contributed by atoms with Gasteiger partial charge in [0.15, 0.2) is 17.0 Å². The lowest BCUT2D eigenvalue weighted by molar-refractivity contribution is 0.293. The van der Waals surface area contributed by atoms with Crippen LogP contribution in [0.15, 0.2) is 6.33 Å². The normalized spacial score (nSPS) is 16.6. The first kappa shape index (κ1) is 13.1. The molecule has 0 unspecified atom stereocenters. The van der Waals surface area contributed by atoms with Crippen LogP contribution in [-0.2, 0) is 0 Å². The third-order valence-corrected chi connectivity index (χ3v) is 3.83. The highest BCUT2D eigenvalue weighted by Gasteiger charge is 2.20. The first-order chi connectivity index (χ1) is 9.79. The SMILES string of the molecule is CCCOc1nc(N)c2ncn(C3CCCCC3)c2n1. The van der Waals surface area contributed by atoms with Gasteiger partial charge < -0.3 is 15.0 Å². The predicted octanol–water partition coefficient (Wildman–Crippen LogP) is 2.70. The van der Waals surface area contributed by atoms with Crippen LogP contribution in [0, 0.1) is 0 Å². The monoisotopic (exact) mass is 275 g/mol. The zero-order valence-electron chi connectivity index (χ0n) is 11.9. The number of nitrogens with zero attached hydrogens (tertiary/aromatic N) is 4. The fourth-order valence-corrected chi connectivity index (χ4v) is 2.80. The van der Waals surface area contributed by atoms with Crippen LogP contribution < -0.4 is 10.5 Å². The molecule has 0 saturated heterocycles. The minimum atomic E-state index is 0.356. The Morgan fingerprint density at radius 2 is 2.10 bits per heavy atom. The molecule has 2 aromatic heterocycles. The van der Waals surface area contributed by atoms with E-state index in [1.54, 1.807) is 0 Å². The number of hydrogen-bond donors (Lipinski definition) is 1. The number of anilines is 1. The second kappa shape index (κ2) is 5.64. The molecule has 1 aliphatic carbocycles. The van der Waals surface area contributed by atoms with E-state index in [1.807, 2.05) is 13.3 Å². The molecule has 2 aromatic rings. The van der Waals surface area contributed by atoms with Crippen LogP contribution in [0.1, 0.15) is 51.5 Å². The van der Waals surface area contributed by atoms with Crippen LogP contribution in [-0.4, -0.2) is 26.1 Å². The van der Waals surface area contributed by atoms with E-state index in [2.05, 4.69) is 19.5 Å². The van der Waals surface area contributed by atoms with Crippen molar-refractivity contribution in [1.29, 1.82) is 0 Å². The summed E-state index contributed by atoms with van der Waals surface area (Å²) in [5.74, 6) is 0.399. The van der Waals surface area contributed by atoms with Crippen LogP contribution in [0.4, 0.5) is 5.82 Å². The maximum Gasteiger partial charge on any atom is 0.320 e. The third-order valence-electron chi connectivity index (χ3n) is 3.83. The summed E-state index contributed by atoms with van der Waals surface area (Å²) in [6.45, 7) is 2.65. The Morgan fingerprint density at radius 3 is 2.85 bits per heavy atom. The first-order valence-electron chi connectivity index (χ1n) is 7.42. The molecule has 0 atom stereocenters. The van der Waals surface area contributed by atoms with E-state index in [0.29, 0.717) is 30.0 Å². The predicted molar refractivity (Wildman–Crippen MR) is 77.6 cm³/mol. The van der Waals surface area contributed by atoms with E-state index in [-0.39, 0.29) is 0 Å². The number of imidazole rings is 1. The maximum atomic E-state index is 5.96. The number of nitrogen functional groups attached to an aromatic ring is 1. The maximum absolute atomic E-state index is 5.96. The van der Waals surface area contributed by atoms with Crippen molar-refractivity contribution in [3.05, 3.63) is 6.33 Å². The number of aromatic nitrogens is 4. The molecule has 20 heavy (non-hydrogen) atoms. The Labute approximate surface area is 118 Å². The molecule has 2 N–H and O–H groups in total. The van der Waals surface area contributed by atoms with E-state index in [0.717, 1.165) is 12.1 Å². The number of rotatable bonds is 4. The zero-order chi connectivity index (χ0) is 13.9. The highest BCUT2D eigenvalue weighted by molar-refractivity contribution is 5.82. The van der Waals surface area contributed by atoms with Gasteiger partial charge in [-0.25, -0.2) is 4.98 Å². The molecular formula is C14H21N5O. The summed E-state index contributed by atoms with van der Waals surface area (Å²) < 4.78 is 7.66. The summed E-state index contributed by atoms with van der Waals surface area (Å²) >= 11 is 0. The summed E-state index contributed by atoms with van der Waals surface area (Å²) in [7, 11) is 0. The van der Waals surface area contributed by atoms with E-state index in [9.17, 15) is 0 Å². The minimum absolute atomic E-state index is 0.356. The molecular weight excluding hydrogens is 254 g/mol. The molecule has 0 bridgehead atoms. The molecule has 0 amide bonds. The fraction of sp³-hybridized carbons (Fsp3) is 0.643. The number of hydrogen-bond acceptors (Lipinski definition) is 5. The van der Waals surface area contributed by atoms with Crippen molar-refractivity contribution < 1.29 is 4.74 Å². The molecule has 1 saturated carbocycles. The van der Waals surface area contributed by atoms with Crippen LogP contribution in [0.3, 0.4) is 0 Å². The fourth-order valence-electron chi connectivity index (χ4n) is 2.80. The Morgan fingerprint density at radius 1 is 1.30 bits per heavy atom. The van der Waals surface area contributed by atoms with Gasteiger partial charge in [0.25, 0.3) is 0 Å². The van der Waals surface area contributed by atoms with Gasteiger partial charge in [0.05, 0.1) is 12.9 Å². The molecule has 0 spiro atoms. The quantitative estimate of drug-likeness (QED) is 0.928. The van der Waals surface area contributed by atoms with Gasteiger partial charge in [0.2, 0.25) is 0 Å². The lowest BCUT2D eigenvalue weighted by Crippen LogP contribution is -2.13. The smallest absolute Gasteiger partial charge is 0.320 e. The van der Waals surface area contributed by atoms with Crippen molar-refractivity contribution in [2.45, 2.75) is 51.5 Å². The number of ether oxygens (including phenoxy) is 1. The highest BCUT2D eigenvalue weighted by atomic mass is 16.5. The molecule has 1 fully saturated rings. The van der Waals surface area contributed by atoms with Gasteiger partial charge in [-0.15, -0.1) is 0 Å². The lowest BCUT2D eigenvalue weighted by Gasteiger charge is -2.23. The van der Waals surface area contributed by atoms with Crippen molar-refractivity contribution in [3.63, 3.8) is 0 Å². The van der Waals surface area contributed by atoms with Gasteiger partial charge in [0.1, 0.15) is 0 Å². The summed E-state index contributed by atoms with van der Waals surface area (Å²) in [6, 6.07) is 0.830. The van der Waals surface area contributed by atoms with Crippen molar-refractivity contribution in [2.75, 3.05) is 12.3 Å². The van der Waals surface area contributed by atoms with Gasteiger partial charge in [-0.05, 0) is 19.3 Å². The van der Waals surface area contributed by atoms with Crippen LogP contribution in [0.2, 0.25) is 0 Å². The minimum Gasteiger partial charge on any atom is -0.463 e. The van der Waals surface area contributed by atoms with E-state index < -0.39 is 0 Å².